The molecule has 0 radical (unpaired) electrons. The number of ether oxygens (including phenoxy) is 1. The van der Waals surface area contributed by atoms with Crippen LogP contribution in [0.5, 0.6) is 11.5 Å². The molecule has 2 nitrogen and oxygen atoms in total. The van der Waals surface area contributed by atoms with Gasteiger partial charge in [-0.3, -0.25) is 0 Å². The van der Waals surface area contributed by atoms with Crippen LogP contribution in [0.15, 0.2) is 174 Å². The van der Waals surface area contributed by atoms with Crippen molar-refractivity contribution in [1.82, 2.24) is 0 Å². The zero-order valence-electron chi connectivity index (χ0n) is 29.0. The fraction of sp³-hybridized carbons (Fsp3) is 0. The third kappa shape index (κ3) is 3.69. The molecule has 12 aromatic rings. The Hall–Kier alpha value is -7.16. The molecule has 1 aromatic heterocycles. The van der Waals surface area contributed by atoms with E-state index in [0.29, 0.717) is 0 Å². The number of furan rings is 1. The second-order valence-corrected chi connectivity index (χ2v) is 14.7. The van der Waals surface area contributed by atoms with E-state index in [1.807, 2.05) is 0 Å². The summed E-state index contributed by atoms with van der Waals surface area (Å²) in [4.78, 5) is 0. The van der Waals surface area contributed by atoms with E-state index >= 15 is 0 Å². The standard InChI is InChI=1S/C52H28O2/c1-4-12-36-29(7-1)17-23-43-50-42(38-21-18-32-16-15-30-9-5-10-31-19-22-41(38)48(32)47(30)31)25-24-37(52(50)54-51(36)43)34-20-26-45-44(27-34)40-14-6-13-39-35-11-3-2-8-33(35)28-46(53-45)49(39)40/h1-28H. The largest absolute Gasteiger partial charge is 0.456 e. The summed E-state index contributed by atoms with van der Waals surface area (Å²) in [6, 6.07) is 61.8. The first-order chi connectivity index (χ1) is 26.8. The van der Waals surface area contributed by atoms with E-state index in [2.05, 4.69) is 170 Å². The monoisotopic (exact) mass is 684 g/mol. The highest BCUT2D eigenvalue weighted by molar-refractivity contribution is 6.28. The van der Waals surface area contributed by atoms with Crippen molar-refractivity contribution in [1.29, 1.82) is 0 Å². The highest BCUT2D eigenvalue weighted by Crippen LogP contribution is 2.51. The van der Waals surface area contributed by atoms with Crippen LogP contribution in [0.3, 0.4) is 0 Å². The summed E-state index contributed by atoms with van der Waals surface area (Å²) in [5.74, 6) is 1.77. The van der Waals surface area contributed by atoms with E-state index in [1.165, 1.54) is 70.6 Å². The van der Waals surface area contributed by atoms with Crippen molar-refractivity contribution in [2.75, 3.05) is 0 Å². The van der Waals surface area contributed by atoms with Gasteiger partial charge in [0.2, 0.25) is 0 Å². The Morgan fingerprint density at radius 3 is 1.83 bits per heavy atom. The summed E-state index contributed by atoms with van der Waals surface area (Å²) in [5.41, 5.74) is 8.63. The zero-order valence-corrected chi connectivity index (χ0v) is 29.0. The van der Waals surface area contributed by atoms with Crippen LogP contribution in [0.4, 0.5) is 0 Å². The van der Waals surface area contributed by atoms with Gasteiger partial charge in [0.05, 0.1) is 0 Å². The molecule has 0 atom stereocenters. The fourth-order valence-electron chi connectivity index (χ4n) is 9.57. The van der Waals surface area contributed by atoms with Crippen molar-refractivity contribution >= 4 is 86.6 Å². The lowest BCUT2D eigenvalue weighted by atomic mass is 9.87. The minimum absolute atomic E-state index is 0.867. The van der Waals surface area contributed by atoms with Crippen LogP contribution in [-0.2, 0) is 0 Å². The Morgan fingerprint density at radius 1 is 0.278 bits per heavy atom. The highest BCUT2D eigenvalue weighted by Gasteiger charge is 2.25. The van der Waals surface area contributed by atoms with E-state index in [1.54, 1.807) is 0 Å². The molecule has 0 N–H and O–H groups in total. The van der Waals surface area contributed by atoms with Crippen LogP contribution in [0.2, 0.25) is 0 Å². The van der Waals surface area contributed by atoms with Crippen LogP contribution < -0.4 is 4.74 Å². The molecule has 11 aromatic carbocycles. The van der Waals surface area contributed by atoms with Crippen molar-refractivity contribution in [3.05, 3.63) is 170 Å². The summed E-state index contributed by atoms with van der Waals surface area (Å²) < 4.78 is 13.8. The lowest BCUT2D eigenvalue weighted by Gasteiger charge is -2.23. The van der Waals surface area contributed by atoms with E-state index in [0.717, 1.165) is 60.9 Å². The van der Waals surface area contributed by atoms with Gasteiger partial charge >= 0.3 is 0 Å². The van der Waals surface area contributed by atoms with Crippen LogP contribution in [-0.4, -0.2) is 0 Å². The second-order valence-electron chi connectivity index (χ2n) is 14.7. The zero-order chi connectivity index (χ0) is 35.1. The number of benzene rings is 11. The number of hydrogen-bond acceptors (Lipinski definition) is 2. The highest BCUT2D eigenvalue weighted by atomic mass is 16.5. The molecule has 1 aliphatic rings. The SMILES string of the molecule is c1ccc2c(c1)cc1c3c(cccc32)-c2cc(-c3ccc(-c4ccc5ccc6cccc7ccc4c5c67)c4c3oc3c5ccccc5ccc34)ccc2O1. The van der Waals surface area contributed by atoms with Crippen LogP contribution in [0, 0.1) is 0 Å². The predicted octanol–water partition coefficient (Wildman–Crippen LogP) is 15.0. The molecule has 2 heteroatoms. The van der Waals surface area contributed by atoms with Crippen LogP contribution in [0.1, 0.15) is 0 Å². The molecular weight excluding hydrogens is 657 g/mol. The lowest BCUT2D eigenvalue weighted by Crippen LogP contribution is -1.98. The van der Waals surface area contributed by atoms with Gasteiger partial charge in [-0.1, -0.05) is 140 Å². The Kier molecular flexibility index (Phi) is 5.39. The molecular formula is C52H28O2. The molecule has 2 heterocycles. The maximum Gasteiger partial charge on any atom is 0.143 e. The van der Waals surface area contributed by atoms with Crippen molar-refractivity contribution in [3.63, 3.8) is 0 Å². The third-order valence-corrected chi connectivity index (χ3v) is 12.0. The van der Waals surface area contributed by atoms with Gasteiger partial charge in [0.25, 0.3) is 0 Å². The molecule has 13 rings (SSSR count). The first-order valence-corrected chi connectivity index (χ1v) is 18.6. The van der Waals surface area contributed by atoms with Crippen molar-refractivity contribution in [2.45, 2.75) is 0 Å². The number of rotatable bonds is 2. The molecule has 0 unspecified atom stereocenters. The quantitative estimate of drug-likeness (QED) is 0.169. The average Bonchev–Trinajstić information content (AvgIpc) is 3.63. The maximum absolute atomic E-state index is 7.11. The van der Waals surface area contributed by atoms with Gasteiger partial charge in [-0.15, -0.1) is 0 Å². The number of hydrogen-bond donors (Lipinski definition) is 0. The van der Waals surface area contributed by atoms with Crippen LogP contribution in [0.25, 0.3) is 120 Å². The first kappa shape index (κ1) is 28.4. The van der Waals surface area contributed by atoms with Crippen LogP contribution >= 0.6 is 0 Å². The topological polar surface area (TPSA) is 22.4 Å². The van der Waals surface area contributed by atoms with Gasteiger partial charge < -0.3 is 9.15 Å². The normalized spacial score (nSPS) is 12.6. The molecule has 0 saturated carbocycles. The van der Waals surface area contributed by atoms with Gasteiger partial charge in [0.1, 0.15) is 22.7 Å². The fourth-order valence-corrected chi connectivity index (χ4v) is 9.57. The van der Waals surface area contributed by atoms with E-state index in [-0.39, 0.29) is 0 Å². The Labute approximate surface area is 309 Å². The van der Waals surface area contributed by atoms with Crippen molar-refractivity contribution < 1.29 is 9.15 Å². The maximum atomic E-state index is 7.11. The second kappa shape index (κ2) is 10.2. The van der Waals surface area contributed by atoms with Crippen molar-refractivity contribution in [3.8, 4) is 44.9 Å². The number of fused-ring (bicyclic) bond motifs is 9. The molecule has 0 saturated heterocycles. The van der Waals surface area contributed by atoms with E-state index < -0.39 is 0 Å². The summed E-state index contributed by atoms with van der Waals surface area (Å²) in [7, 11) is 0. The smallest absolute Gasteiger partial charge is 0.143 e. The predicted molar refractivity (Wildman–Crippen MR) is 226 cm³/mol. The minimum Gasteiger partial charge on any atom is -0.456 e. The summed E-state index contributed by atoms with van der Waals surface area (Å²) >= 11 is 0. The molecule has 0 bridgehead atoms. The Balaban J connectivity index is 1.09. The minimum atomic E-state index is 0.867. The third-order valence-electron chi connectivity index (χ3n) is 12.0. The van der Waals surface area contributed by atoms with E-state index in [4.69, 9.17) is 9.15 Å². The van der Waals surface area contributed by atoms with E-state index in [9.17, 15) is 0 Å². The first-order valence-electron chi connectivity index (χ1n) is 18.6. The summed E-state index contributed by atoms with van der Waals surface area (Å²) in [6.45, 7) is 0. The Bertz CT molecular complexity index is 3570. The van der Waals surface area contributed by atoms with Gasteiger partial charge in [-0.25, -0.2) is 0 Å². The molecule has 0 aliphatic carbocycles. The van der Waals surface area contributed by atoms with Crippen molar-refractivity contribution in [2.24, 2.45) is 0 Å². The van der Waals surface area contributed by atoms with Gasteiger partial charge in [0.15, 0.2) is 0 Å². The summed E-state index contributed by atoms with van der Waals surface area (Å²) in [5, 5.41) is 17.0. The average molecular weight is 685 g/mol. The van der Waals surface area contributed by atoms with Gasteiger partial charge in [-0.2, -0.15) is 0 Å². The molecule has 0 amide bonds. The molecule has 248 valence electrons. The Morgan fingerprint density at radius 2 is 0.926 bits per heavy atom. The molecule has 0 spiro atoms. The lowest BCUT2D eigenvalue weighted by molar-refractivity contribution is 0.488. The van der Waals surface area contributed by atoms with Gasteiger partial charge in [0, 0.05) is 32.7 Å². The molecule has 0 fully saturated rings. The molecule has 54 heavy (non-hydrogen) atoms. The summed E-state index contributed by atoms with van der Waals surface area (Å²) in [6.07, 6.45) is 0. The molecule has 1 aliphatic heterocycles. The van der Waals surface area contributed by atoms with Gasteiger partial charge in [-0.05, 0) is 106 Å².